The third-order valence-electron chi connectivity index (χ3n) is 2.36. The van der Waals surface area contributed by atoms with E-state index in [0.29, 0.717) is 31.9 Å². The van der Waals surface area contributed by atoms with Crippen LogP contribution in [-0.4, -0.2) is 52.6 Å². The van der Waals surface area contributed by atoms with Gasteiger partial charge in [-0.25, -0.2) is 4.68 Å². The summed E-state index contributed by atoms with van der Waals surface area (Å²) in [6.45, 7) is 5.59. The van der Waals surface area contributed by atoms with Gasteiger partial charge in [0, 0.05) is 26.7 Å². The molecule has 7 nitrogen and oxygen atoms in total. The predicted molar refractivity (Wildman–Crippen MR) is 66.6 cm³/mol. The van der Waals surface area contributed by atoms with E-state index < -0.39 is 0 Å². The van der Waals surface area contributed by atoms with E-state index in [0.717, 1.165) is 0 Å². The summed E-state index contributed by atoms with van der Waals surface area (Å²) in [4.78, 5) is 13.7. The number of carbonyl (C=O) groups excluding carboxylic acids is 1. The second-order valence-electron chi connectivity index (χ2n) is 3.73. The highest BCUT2D eigenvalue weighted by atomic mass is 16.5. The Bertz CT molecular complexity index is 391. The fourth-order valence-corrected chi connectivity index (χ4v) is 1.42. The van der Waals surface area contributed by atoms with Crippen LogP contribution >= 0.6 is 0 Å². The Hall–Kier alpha value is -1.73. The lowest BCUT2D eigenvalue weighted by Crippen LogP contribution is -2.36. The summed E-state index contributed by atoms with van der Waals surface area (Å²) < 4.78 is 6.44. The summed E-state index contributed by atoms with van der Waals surface area (Å²) in [5.41, 5.74) is 6.09. The van der Waals surface area contributed by atoms with Gasteiger partial charge in [-0.2, -0.15) is 0 Å². The molecule has 0 radical (unpaired) electrons. The number of aromatic nitrogens is 3. The summed E-state index contributed by atoms with van der Waals surface area (Å²) in [5.74, 6) is -0.0552. The Morgan fingerprint density at radius 3 is 3.06 bits per heavy atom. The van der Waals surface area contributed by atoms with Crippen LogP contribution in [0.4, 0.5) is 0 Å². The van der Waals surface area contributed by atoms with Crippen molar-refractivity contribution in [3.8, 4) is 0 Å². The molecule has 100 valence electrons. The van der Waals surface area contributed by atoms with Crippen molar-refractivity contribution in [2.45, 2.75) is 13.1 Å². The average Bonchev–Trinajstić information content (AvgIpc) is 2.82. The largest absolute Gasteiger partial charge is 0.383 e. The van der Waals surface area contributed by atoms with Crippen LogP contribution in [0.2, 0.25) is 0 Å². The topological polar surface area (TPSA) is 86.3 Å². The first-order valence-corrected chi connectivity index (χ1v) is 5.68. The first-order chi connectivity index (χ1) is 8.71. The minimum atomic E-state index is -0.0552. The van der Waals surface area contributed by atoms with Gasteiger partial charge in [0.15, 0.2) is 0 Å². The fourth-order valence-electron chi connectivity index (χ4n) is 1.42. The summed E-state index contributed by atoms with van der Waals surface area (Å²) in [5, 5.41) is 7.66. The van der Waals surface area contributed by atoms with E-state index in [1.165, 1.54) is 4.68 Å². The Balaban J connectivity index is 2.56. The highest BCUT2D eigenvalue weighted by Crippen LogP contribution is 1.96. The first-order valence-electron chi connectivity index (χ1n) is 5.68. The van der Waals surface area contributed by atoms with Gasteiger partial charge in [0.25, 0.3) is 0 Å². The third-order valence-corrected chi connectivity index (χ3v) is 2.36. The molecule has 0 aliphatic carbocycles. The molecule has 0 aliphatic rings. The van der Waals surface area contributed by atoms with Gasteiger partial charge in [-0.1, -0.05) is 11.3 Å². The molecule has 1 amide bonds. The smallest absolute Gasteiger partial charge is 0.244 e. The molecule has 0 saturated heterocycles. The standard InChI is InChI=1S/C11H19N5O2/c1-3-4-15(5-6-18-2)11(17)9-16-8-10(7-12)13-14-16/h3,8H,1,4-7,9,12H2,2H3. The molecule has 0 aromatic carbocycles. The van der Waals surface area contributed by atoms with Crippen LogP contribution in [0.5, 0.6) is 0 Å². The summed E-state index contributed by atoms with van der Waals surface area (Å²) >= 11 is 0. The van der Waals surface area contributed by atoms with Gasteiger partial charge >= 0.3 is 0 Å². The van der Waals surface area contributed by atoms with Crippen molar-refractivity contribution in [1.29, 1.82) is 0 Å². The molecule has 7 heteroatoms. The van der Waals surface area contributed by atoms with Gasteiger partial charge in [-0.3, -0.25) is 4.79 Å². The number of rotatable bonds is 8. The molecule has 0 atom stereocenters. The number of amides is 1. The van der Waals surface area contributed by atoms with E-state index >= 15 is 0 Å². The van der Waals surface area contributed by atoms with E-state index in [1.54, 1.807) is 24.3 Å². The van der Waals surface area contributed by atoms with Crippen molar-refractivity contribution in [3.63, 3.8) is 0 Å². The Labute approximate surface area is 106 Å². The van der Waals surface area contributed by atoms with Crippen molar-refractivity contribution < 1.29 is 9.53 Å². The van der Waals surface area contributed by atoms with Gasteiger partial charge in [-0.05, 0) is 0 Å². The van der Waals surface area contributed by atoms with Crippen molar-refractivity contribution in [2.75, 3.05) is 26.8 Å². The Morgan fingerprint density at radius 2 is 2.50 bits per heavy atom. The number of hydrogen-bond acceptors (Lipinski definition) is 5. The van der Waals surface area contributed by atoms with E-state index in [9.17, 15) is 4.79 Å². The molecule has 0 bridgehead atoms. The molecule has 1 heterocycles. The zero-order valence-corrected chi connectivity index (χ0v) is 10.6. The molecule has 0 unspecified atom stereocenters. The van der Waals surface area contributed by atoms with Crippen LogP contribution in [0.25, 0.3) is 0 Å². The van der Waals surface area contributed by atoms with Crippen molar-refractivity contribution >= 4 is 5.91 Å². The van der Waals surface area contributed by atoms with Crippen LogP contribution in [0, 0.1) is 0 Å². The van der Waals surface area contributed by atoms with Crippen molar-refractivity contribution in [3.05, 3.63) is 24.5 Å². The second kappa shape index (κ2) is 7.57. The number of methoxy groups -OCH3 is 1. The van der Waals surface area contributed by atoms with Crippen LogP contribution in [0.15, 0.2) is 18.9 Å². The molecule has 2 N–H and O–H groups in total. The molecule has 1 rings (SSSR count). The Kier molecular flexibility index (Phi) is 6.03. The lowest BCUT2D eigenvalue weighted by molar-refractivity contribution is -0.132. The highest BCUT2D eigenvalue weighted by Gasteiger charge is 2.13. The predicted octanol–water partition coefficient (Wildman–Crippen LogP) is -0.602. The number of carbonyl (C=O) groups is 1. The number of nitrogens with zero attached hydrogens (tertiary/aromatic N) is 4. The number of hydrogen-bond donors (Lipinski definition) is 1. The maximum Gasteiger partial charge on any atom is 0.244 e. The van der Waals surface area contributed by atoms with Crippen LogP contribution in [0.1, 0.15) is 5.69 Å². The van der Waals surface area contributed by atoms with Crippen LogP contribution in [0.3, 0.4) is 0 Å². The van der Waals surface area contributed by atoms with E-state index in [4.69, 9.17) is 10.5 Å². The maximum atomic E-state index is 12.0. The molecule has 18 heavy (non-hydrogen) atoms. The van der Waals surface area contributed by atoms with Crippen LogP contribution < -0.4 is 5.73 Å². The van der Waals surface area contributed by atoms with Crippen LogP contribution in [-0.2, 0) is 22.6 Å². The number of nitrogens with two attached hydrogens (primary N) is 1. The van der Waals surface area contributed by atoms with Gasteiger partial charge in [-0.15, -0.1) is 11.7 Å². The molecule has 1 aromatic heterocycles. The average molecular weight is 253 g/mol. The van der Waals surface area contributed by atoms with Gasteiger partial charge in [0.05, 0.1) is 18.5 Å². The minimum Gasteiger partial charge on any atom is -0.383 e. The molecular formula is C11H19N5O2. The van der Waals surface area contributed by atoms with E-state index in [2.05, 4.69) is 16.9 Å². The number of ether oxygens (including phenoxy) is 1. The molecule has 0 fully saturated rings. The lowest BCUT2D eigenvalue weighted by atomic mass is 10.4. The van der Waals surface area contributed by atoms with Gasteiger partial charge < -0.3 is 15.4 Å². The first kappa shape index (κ1) is 14.3. The monoisotopic (exact) mass is 253 g/mol. The molecule has 0 aliphatic heterocycles. The lowest BCUT2D eigenvalue weighted by Gasteiger charge is -2.20. The fraction of sp³-hybridized carbons (Fsp3) is 0.545. The van der Waals surface area contributed by atoms with Gasteiger partial charge in [0.2, 0.25) is 5.91 Å². The molecular weight excluding hydrogens is 234 g/mol. The SMILES string of the molecule is C=CCN(CCOC)C(=O)Cn1cc(CN)nn1. The zero-order valence-electron chi connectivity index (χ0n) is 10.6. The normalized spacial score (nSPS) is 10.3. The highest BCUT2D eigenvalue weighted by molar-refractivity contribution is 5.76. The molecule has 1 aromatic rings. The van der Waals surface area contributed by atoms with Crippen molar-refractivity contribution in [2.24, 2.45) is 5.73 Å². The Morgan fingerprint density at radius 1 is 1.72 bits per heavy atom. The van der Waals surface area contributed by atoms with E-state index in [-0.39, 0.29) is 12.5 Å². The second-order valence-corrected chi connectivity index (χ2v) is 3.73. The summed E-state index contributed by atoms with van der Waals surface area (Å²) in [6, 6.07) is 0. The van der Waals surface area contributed by atoms with Crippen molar-refractivity contribution in [1.82, 2.24) is 19.9 Å². The quantitative estimate of drug-likeness (QED) is 0.625. The minimum absolute atomic E-state index is 0.0552. The summed E-state index contributed by atoms with van der Waals surface area (Å²) in [7, 11) is 1.60. The maximum absolute atomic E-state index is 12.0. The summed E-state index contributed by atoms with van der Waals surface area (Å²) in [6.07, 6.45) is 3.35. The van der Waals surface area contributed by atoms with Gasteiger partial charge in [0.1, 0.15) is 6.54 Å². The van der Waals surface area contributed by atoms with E-state index in [1.807, 2.05) is 0 Å². The molecule has 0 saturated carbocycles. The zero-order chi connectivity index (χ0) is 13.4. The third kappa shape index (κ3) is 4.27. The molecule has 0 spiro atoms.